The normalized spacial score (nSPS) is 11.8. The molecule has 0 aliphatic heterocycles. The van der Waals surface area contributed by atoms with E-state index in [4.69, 9.17) is 9.84 Å². The lowest BCUT2D eigenvalue weighted by Gasteiger charge is -2.15. The summed E-state index contributed by atoms with van der Waals surface area (Å²) >= 11 is 0. The Balaban J connectivity index is 2.80. The summed E-state index contributed by atoms with van der Waals surface area (Å²) < 4.78 is 5.08. The van der Waals surface area contributed by atoms with Crippen LogP contribution in [0.5, 0.6) is 5.75 Å². The van der Waals surface area contributed by atoms with Crippen LogP contribution in [0.15, 0.2) is 18.2 Å². The molecule has 0 saturated heterocycles. The summed E-state index contributed by atoms with van der Waals surface area (Å²) in [5.74, 6) is -0.702. The smallest absolute Gasteiger partial charge is 0.326 e. The third-order valence-corrected chi connectivity index (χ3v) is 3.13. The average Bonchev–Trinajstić information content (AvgIpc) is 2.42. The number of carbonyl (C=O) groups is 2. The van der Waals surface area contributed by atoms with Gasteiger partial charge >= 0.3 is 5.97 Å². The fourth-order valence-electron chi connectivity index (χ4n) is 1.92. The number of amides is 1. The lowest BCUT2D eigenvalue weighted by molar-refractivity contribution is -0.139. The Morgan fingerprint density at radius 3 is 2.60 bits per heavy atom. The zero-order valence-corrected chi connectivity index (χ0v) is 12.1. The minimum absolute atomic E-state index is 0.367. The number of methoxy groups -OCH3 is 1. The Kier molecular flexibility index (Phi) is 6.03. The summed E-state index contributed by atoms with van der Waals surface area (Å²) in [6.07, 6.45) is 2.09. The van der Waals surface area contributed by atoms with Gasteiger partial charge in [-0.2, -0.15) is 0 Å². The van der Waals surface area contributed by atoms with Crippen molar-refractivity contribution in [3.05, 3.63) is 29.3 Å². The lowest BCUT2D eigenvalue weighted by Crippen LogP contribution is -2.40. The molecule has 0 radical (unpaired) electrons. The number of hydrogen-bond acceptors (Lipinski definition) is 3. The van der Waals surface area contributed by atoms with Gasteiger partial charge in [-0.3, -0.25) is 4.79 Å². The fourth-order valence-corrected chi connectivity index (χ4v) is 1.92. The number of carboxylic acids is 1. The van der Waals surface area contributed by atoms with Gasteiger partial charge in [-0.1, -0.05) is 19.8 Å². The van der Waals surface area contributed by atoms with Gasteiger partial charge < -0.3 is 15.2 Å². The first kappa shape index (κ1) is 16.0. The Bertz CT molecular complexity index is 485. The van der Waals surface area contributed by atoms with E-state index in [1.54, 1.807) is 32.2 Å². The van der Waals surface area contributed by atoms with Crippen LogP contribution in [-0.4, -0.2) is 30.1 Å². The first-order valence-electron chi connectivity index (χ1n) is 6.67. The van der Waals surface area contributed by atoms with Gasteiger partial charge in [0.15, 0.2) is 0 Å². The Labute approximate surface area is 118 Å². The molecule has 0 unspecified atom stereocenters. The molecule has 0 aromatic heterocycles. The quantitative estimate of drug-likeness (QED) is 0.803. The number of carboxylic acid groups (broad SMARTS) is 1. The van der Waals surface area contributed by atoms with Crippen LogP contribution in [0, 0.1) is 6.92 Å². The number of nitrogens with one attached hydrogen (secondary N) is 1. The van der Waals surface area contributed by atoms with E-state index in [-0.39, 0.29) is 5.91 Å². The van der Waals surface area contributed by atoms with E-state index < -0.39 is 12.0 Å². The lowest BCUT2D eigenvalue weighted by atomic mass is 10.1. The number of carbonyl (C=O) groups excluding carboxylic acids is 1. The summed E-state index contributed by atoms with van der Waals surface area (Å²) in [6, 6.07) is 4.23. The predicted molar refractivity (Wildman–Crippen MR) is 76.1 cm³/mol. The van der Waals surface area contributed by atoms with Crippen molar-refractivity contribution in [2.45, 2.75) is 39.2 Å². The number of unbranched alkanes of at least 4 members (excludes halogenated alkanes) is 1. The van der Waals surface area contributed by atoms with E-state index in [0.29, 0.717) is 17.7 Å². The number of rotatable bonds is 7. The van der Waals surface area contributed by atoms with Crippen molar-refractivity contribution >= 4 is 11.9 Å². The number of aryl methyl sites for hydroxylation is 1. The van der Waals surface area contributed by atoms with Crippen LogP contribution in [0.4, 0.5) is 0 Å². The molecular formula is C15H21NO4. The molecule has 1 aromatic rings. The van der Waals surface area contributed by atoms with Gasteiger partial charge in [-0.15, -0.1) is 0 Å². The third kappa shape index (κ3) is 4.26. The van der Waals surface area contributed by atoms with Crippen LogP contribution in [-0.2, 0) is 4.79 Å². The molecule has 1 amide bonds. The molecule has 0 heterocycles. The van der Waals surface area contributed by atoms with E-state index in [1.807, 2.05) is 6.92 Å². The highest BCUT2D eigenvalue weighted by Gasteiger charge is 2.20. The van der Waals surface area contributed by atoms with Gasteiger partial charge in [0.25, 0.3) is 5.91 Å². The molecule has 0 aliphatic carbocycles. The Hall–Kier alpha value is -2.04. The molecule has 110 valence electrons. The Morgan fingerprint density at radius 1 is 1.40 bits per heavy atom. The molecule has 5 nitrogen and oxygen atoms in total. The van der Waals surface area contributed by atoms with Gasteiger partial charge in [0, 0.05) is 5.56 Å². The summed E-state index contributed by atoms with van der Waals surface area (Å²) in [4.78, 5) is 23.3. The van der Waals surface area contributed by atoms with Crippen molar-refractivity contribution in [1.29, 1.82) is 0 Å². The number of benzene rings is 1. The van der Waals surface area contributed by atoms with Crippen LogP contribution < -0.4 is 10.1 Å². The molecule has 0 bridgehead atoms. The number of ether oxygens (including phenoxy) is 1. The summed E-state index contributed by atoms with van der Waals surface area (Å²) in [7, 11) is 1.56. The van der Waals surface area contributed by atoms with E-state index in [9.17, 15) is 9.59 Å². The first-order chi connectivity index (χ1) is 9.49. The fraction of sp³-hybridized carbons (Fsp3) is 0.467. The van der Waals surface area contributed by atoms with E-state index in [0.717, 1.165) is 18.4 Å². The topological polar surface area (TPSA) is 75.6 Å². The van der Waals surface area contributed by atoms with Crippen molar-refractivity contribution in [1.82, 2.24) is 5.32 Å². The van der Waals surface area contributed by atoms with E-state index in [1.165, 1.54) is 0 Å². The highest BCUT2D eigenvalue weighted by atomic mass is 16.5. The Morgan fingerprint density at radius 2 is 2.10 bits per heavy atom. The maximum atomic E-state index is 12.1. The maximum absolute atomic E-state index is 12.1. The van der Waals surface area contributed by atoms with Crippen molar-refractivity contribution in [2.24, 2.45) is 0 Å². The third-order valence-electron chi connectivity index (χ3n) is 3.13. The van der Waals surface area contributed by atoms with E-state index >= 15 is 0 Å². The second kappa shape index (κ2) is 7.53. The molecule has 1 rings (SSSR count). The zero-order chi connectivity index (χ0) is 15.1. The molecular weight excluding hydrogens is 258 g/mol. The molecule has 20 heavy (non-hydrogen) atoms. The predicted octanol–water partition coefficient (Wildman–Crippen LogP) is 2.38. The van der Waals surface area contributed by atoms with Gasteiger partial charge in [0.2, 0.25) is 0 Å². The van der Waals surface area contributed by atoms with Gasteiger partial charge in [0.05, 0.1) is 7.11 Å². The molecule has 5 heteroatoms. The summed E-state index contributed by atoms with van der Waals surface area (Å²) in [6.45, 7) is 3.77. The summed E-state index contributed by atoms with van der Waals surface area (Å²) in [5.41, 5.74) is 1.22. The highest BCUT2D eigenvalue weighted by Crippen LogP contribution is 2.17. The monoisotopic (exact) mass is 279 g/mol. The van der Waals surface area contributed by atoms with Gasteiger partial charge in [-0.25, -0.2) is 4.79 Å². The number of aliphatic carboxylic acids is 1. The molecule has 1 atom stereocenters. The van der Waals surface area contributed by atoms with Crippen LogP contribution in [0.1, 0.15) is 42.1 Å². The minimum Gasteiger partial charge on any atom is -0.497 e. The molecule has 0 saturated carbocycles. The molecule has 0 fully saturated rings. The second-order valence-corrected chi connectivity index (χ2v) is 4.69. The first-order valence-corrected chi connectivity index (χ1v) is 6.67. The highest BCUT2D eigenvalue weighted by molar-refractivity contribution is 5.97. The molecule has 0 aliphatic rings. The number of hydrogen-bond donors (Lipinski definition) is 2. The van der Waals surface area contributed by atoms with Gasteiger partial charge in [-0.05, 0) is 37.1 Å². The van der Waals surface area contributed by atoms with Crippen molar-refractivity contribution in [2.75, 3.05) is 7.11 Å². The second-order valence-electron chi connectivity index (χ2n) is 4.69. The molecule has 0 spiro atoms. The van der Waals surface area contributed by atoms with E-state index in [2.05, 4.69) is 5.32 Å². The maximum Gasteiger partial charge on any atom is 0.326 e. The van der Waals surface area contributed by atoms with Gasteiger partial charge in [0.1, 0.15) is 11.8 Å². The largest absolute Gasteiger partial charge is 0.497 e. The van der Waals surface area contributed by atoms with Crippen LogP contribution >= 0.6 is 0 Å². The minimum atomic E-state index is -1.00. The zero-order valence-electron chi connectivity index (χ0n) is 12.1. The van der Waals surface area contributed by atoms with Crippen LogP contribution in [0.25, 0.3) is 0 Å². The molecule has 1 aromatic carbocycles. The van der Waals surface area contributed by atoms with Crippen LogP contribution in [0.3, 0.4) is 0 Å². The van der Waals surface area contributed by atoms with Crippen molar-refractivity contribution in [3.8, 4) is 5.75 Å². The average molecular weight is 279 g/mol. The SMILES string of the molecule is CCCC[C@H](NC(=O)c1ccc(OC)cc1C)C(=O)O. The summed E-state index contributed by atoms with van der Waals surface area (Å²) in [5, 5.41) is 11.7. The van der Waals surface area contributed by atoms with Crippen molar-refractivity contribution < 1.29 is 19.4 Å². The molecule has 2 N–H and O–H groups in total. The standard InChI is InChI=1S/C15H21NO4/c1-4-5-6-13(15(18)19)16-14(17)12-8-7-11(20-3)9-10(12)2/h7-9,13H,4-6H2,1-3H3,(H,16,17)(H,18,19)/t13-/m0/s1. The van der Waals surface area contributed by atoms with Crippen molar-refractivity contribution in [3.63, 3.8) is 0 Å². The van der Waals surface area contributed by atoms with Crippen LogP contribution in [0.2, 0.25) is 0 Å².